The first-order valence-corrected chi connectivity index (χ1v) is 27.0. The van der Waals surface area contributed by atoms with Gasteiger partial charge in [-0.15, -0.1) is 0 Å². The maximum Gasteiger partial charge on any atom is 0.207 e. The molecule has 1 unspecified atom stereocenters. The van der Waals surface area contributed by atoms with Crippen molar-refractivity contribution in [1.82, 2.24) is 14.8 Å². The van der Waals surface area contributed by atoms with Gasteiger partial charge in [-0.25, -0.2) is 4.98 Å². The Bertz CT molecular complexity index is 2530. The van der Waals surface area contributed by atoms with Gasteiger partial charge in [0.1, 0.15) is 33.7 Å². The van der Waals surface area contributed by atoms with Gasteiger partial charge in [-0.1, -0.05) is 46.0 Å². The number of alkyl halides is 1. The second-order valence-corrected chi connectivity index (χ2v) is 20.3. The monoisotopic (exact) mass is 1140 g/mol. The van der Waals surface area contributed by atoms with Crippen LogP contribution in [-0.2, 0) is 0 Å². The molecule has 0 aliphatic carbocycles. The number of piperazine rings is 2. The van der Waals surface area contributed by atoms with E-state index in [2.05, 4.69) is 108 Å². The molecule has 0 bridgehead atoms. The molecule has 4 aromatic carbocycles. The molecular formula is C52H72BrN10O6PS3. The van der Waals surface area contributed by atoms with Crippen molar-refractivity contribution in [3.05, 3.63) is 101 Å². The highest BCUT2D eigenvalue weighted by Gasteiger charge is 2.22. The third-order valence-corrected chi connectivity index (χ3v) is 14.2. The van der Waals surface area contributed by atoms with Crippen molar-refractivity contribution in [1.29, 1.82) is 0 Å². The number of methoxy groups -OCH3 is 4. The standard InChI is InChI=1S/C25H31N5O3S.C17H27N5S2.C10H11BrO3.H3P/c1-16(2)29-9-11-30(12-10-29)19-7-5-18(6-8-19)27-25-28-24(26)23(34-25)22(31)17-13-20(32-3)15-21(14-17)33-4;1-4-24-16(18)20-17(23)19-14-5-7-15(8-6-14)22-11-9-21(10-12-22)13(2)3;1-13-8-3-7(10(12)6-11)4-9(5-8)14-2;/h5-8,13-16H,9-12,26H2,1-4H3,(H,27,28);5-8,13H,4,9-12H2,1-3H3,(H3,18,19,20,23);3-5H,6H2,1-2H3;1H3. The summed E-state index contributed by atoms with van der Waals surface area (Å²) >= 11 is 11.0. The van der Waals surface area contributed by atoms with Crippen molar-refractivity contribution in [2.75, 3.05) is 118 Å². The molecule has 5 aromatic rings. The van der Waals surface area contributed by atoms with Crippen LogP contribution in [0.2, 0.25) is 0 Å². The summed E-state index contributed by atoms with van der Waals surface area (Å²) in [5, 5.41) is 8.12. The van der Waals surface area contributed by atoms with Crippen LogP contribution >= 0.6 is 61.1 Å². The largest absolute Gasteiger partial charge is 0.497 e. The molecule has 0 saturated carbocycles. The van der Waals surface area contributed by atoms with Gasteiger partial charge in [0.25, 0.3) is 0 Å². The average Bonchev–Trinajstić information content (AvgIpc) is 3.77. The van der Waals surface area contributed by atoms with E-state index in [0.717, 1.165) is 69.5 Å². The van der Waals surface area contributed by atoms with Crippen LogP contribution in [0.5, 0.6) is 23.0 Å². The third kappa shape index (κ3) is 18.3. The second-order valence-electron chi connectivity index (χ2n) is 17.1. The number of anilines is 6. The summed E-state index contributed by atoms with van der Waals surface area (Å²) in [6.45, 7) is 19.6. The highest BCUT2D eigenvalue weighted by Crippen LogP contribution is 2.33. The van der Waals surface area contributed by atoms with Crippen molar-refractivity contribution >= 4 is 117 Å². The third-order valence-electron chi connectivity index (χ3n) is 11.8. The van der Waals surface area contributed by atoms with E-state index in [-0.39, 0.29) is 27.3 Å². The molecule has 73 heavy (non-hydrogen) atoms. The van der Waals surface area contributed by atoms with Crippen molar-refractivity contribution in [3.8, 4) is 23.0 Å². The quantitative estimate of drug-likeness (QED) is 0.0183. The Morgan fingerprint density at radius 3 is 1.55 bits per heavy atom. The van der Waals surface area contributed by atoms with E-state index >= 15 is 0 Å². The lowest BCUT2D eigenvalue weighted by Gasteiger charge is -2.38. The first-order valence-electron chi connectivity index (χ1n) is 23.7. The van der Waals surface area contributed by atoms with Gasteiger partial charge in [0.2, 0.25) is 5.78 Å². The number of halogens is 1. The fraction of sp³-hybridized carbons (Fsp3) is 0.404. The highest BCUT2D eigenvalue weighted by molar-refractivity contribution is 9.09. The number of hydrogen-bond donors (Lipinski definition) is 4. The minimum atomic E-state index is -0.226. The van der Waals surface area contributed by atoms with Gasteiger partial charge in [0.15, 0.2) is 21.2 Å². The van der Waals surface area contributed by atoms with Crippen LogP contribution in [-0.4, -0.2) is 141 Å². The maximum absolute atomic E-state index is 13.1. The maximum atomic E-state index is 13.1. The molecule has 1 aromatic heterocycles. The zero-order chi connectivity index (χ0) is 52.3. The molecule has 7 rings (SSSR count). The number of amidine groups is 1. The zero-order valence-corrected chi connectivity index (χ0v) is 48.9. The molecule has 1 atom stereocenters. The van der Waals surface area contributed by atoms with E-state index in [1.165, 1.54) is 34.5 Å². The van der Waals surface area contributed by atoms with Gasteiger partial charge in [-0.05, 0) is 118 Å². The van der Waals surface area contributed by atoms with Crippen LogP contribution in [0.25, 0.3) is 0 Å². The van der Waals surface area contributed by atoms with E-state index in [1.54, 1.807) is 64.8 Å². The number of nitrogens with two attached hydrogens (primary N) is 2. The minimum absolute atomic E-state index is 0. The topological polar surface area (TPSA) is 185 Å². The Balaban J connectivity index is 0.000000258. The Hall–Kier alpha value is -5.21. The molecule has 2 fully saturated rings. The number of Topliss-reactive ketones (excluding diaryl/α,β-unsaturated/α-hetero) is 1. The minimum Gasteiger partial charge on any atom is -0.497 e. The number of thiocarbonyl (C=S) groups is 1. The predicted molar refractivity (Wildman–Crippen MR) is 318 cm³/mol. The van der Waals surface area contributed by atoms with Crippen molar-refractivity contribution in [2.24, 2.45) is 10.7 Å². The van der Waals surface area contributed by atoms with Crippen molar-refractivity contribution in [2.45, 2.75) is 46.7 Å². The number of carbonyl (C=O) groups excluding carboxylic acids is 2. The molecule has 2 saturated heterocycles. The number of carbonyl (C=O) groups is 2. The second kappa shape index (κ2) is 30.2. The molecule has 2 aliphatic rings. The van der Waals surface area contributed by atoms with Crippen LogP contribution in [0.3, 0.4) is 0 Å². The van der Waals surface area contributed by atoms with Crippen LogP contribution in [0.4, 0.5) is 33.7 Å². The number of aromatic nitrogens is 1. The molecule has 0 radical (unpaired) electrons. The molecule has 16 nitrogen and oxygen atoms in total. The molecule has 0 amide bonds. The van der Waals surface area contributed by atoms with Crippen LogP contribution < -0.4 is 50.8 Å². The number of thioether (sulfide) groups is 1. The lowest BCUT2D eigenvalue weighted by atomic mass is 10.1. The predicted octanol–water partition coefficient (Wildman–Crippen LogP) is 9.57. The molecule has 21 heteroatoms. The van der Waals surface area contributed by atoms with E-state index < -0.39 is 0 Å². The van der Waals surface area contributed by atoms with E-state index in [9.17, 15) is 9.59 Å². The lowest BCUT2D eigenvalue weighted by molar-refractivity contribution is 0.102. The number of ether oxygens (including phenoxy) is 4. The van der Waals surface area contributed by atoms with Gasteiger partial charge >= 0.3 is 0 Å². The first-order chi connectivity index (χ1) is 34.6. The fourth-order valence-electron chi connectivity index (χ4n) is 7.72. The van der Waals surface area contributed by atoms with Gasteiger partial charge in [0, 0.05) is 110 Å². The molecule has 2 aliphatic heterocycles. The number of rotatable bonds is 16. The van der Waals surface area contributed by atoms with Crippen molar-refractivity contribution < 1.29 is 28.5 Å². The van der Waals surface area contributed by atoms with E-state index in [4.69, 9.17) is 42.6 Å². The van der Waals surface area contributed by atoms with Gasteiger partial charge < -0.3 is 50.8 Å². The summed E-state index contributed by atoms with van der Waals surface area (Å²) in [6, 6.07) is 28.0. The summed E-state index contributed by atoms with van der Waals surface area (Å²) in [6.07, 6.45) is 0. The normalized spacial score (nSPS) is 13.9. The number of benzene rings is 4. The molecule has 3 heterocycles. The number of ketones is 2. The number of thiazole rings is 1. The summed E-state index contributed by atoms with van der Waals surface area (Å²) in [7, 11) is 6.19. The van der Waals surface area contributed by atoms with Crippen LogP contribution in [0, 0.1) is 0 Å². The average molecular weight is 1140 g/mol. The summed E-state index contributed by atoms with van der Waals surface area (Å²) in [5.41, 5.74) is 17.1. The zero-order valence-electron chi connectivity index (χ0n) is 43.4. The van der Waals surface area contributed by atoms with Gasteiger partial charge in [0.05, 0.1) is 33.8 Å². The lowest BCUT2D eigenvalue weighted by Crippen LogP contribution is -2.48. The Kier molecular flexibility index (Phi) is 25.0. The number of hydrogen-bond acceptors (Lipinski definition) is 16. The number of nitrogen functional groups attached to an aromatic ring is 1. The SMILES string of the molecule is CCSC(N)=NC(=S)Nc1ccc(N2CCN(C(C)C)CC2)cc1.COc1cc(OC)cc(C(=O)CBr)c1.COc1cc(OC)cc(C(=O)c2sc(Nc3ccc(N4CCN(C(C)C)CC4)cc3)nc2N)c1.P. The van der Waals surface area contributed by atoms with Crippen LogP contribution in [0.15, 0.2) is 89.9 Å². The molecule has 396 valence electrons. The Morgan fingerprint density at radius 1 is 0.726 bits per heavy atom. The summed E-state index contributed by atoms with van der Waals surface area (Å²) in [4.78, 5) is 43.2. The van der Waals surface area contributed by atoms with Gasteiger partial charge in [-0.3, -0.25) is 19.4 Å². The molecule has 6 N–H and O–H groups in total. The number of aliphatic imine (C=N–C) groups is 1. The molecular weight excluding hydrogens is 1070 g/mol. The fourth-order valence-corrected chi connectivity index (χ4v) is 9.64. The highest BCUT2D eigenvalue weighted by atomic mass is 79.9. The Morgan fingerprint density at radius 2 is 1.15 bits per heavy atom. The number of nitrogens with one attached hydrogen (secondary N) is 2. The number of nitrogens with zero attached hydrogens (tertiary/aromatic N) is 6. The van der Waals surface area contributed by atoms with E-state index in [0.29, 0.717) is 71.8 Å². The first kappa shape index (κ1) is 60.3. The smallest absolute Gasteiger partial charge is 0.207 e. The summed E-state index contributed by atoms with van der Waals surface area (Å²) in [5.74, 6) is 3.17. The van der Waals surface area contributed by atoms with Crippen molar-refractivity contribution in [3.63, 3.8) is 0 Å². The van der Waals surface area contributed by atoms with Crippen LogP contribution in [0.1, 0.15) is 60.2 Å². The summed E-state index contributed by atoms with van der Waals surface area (Å²) < 4.78 is 20.6. The molecule has 0 spiro atoms. The Labute approximate surface area is 456 Å². The van der Waals surface area contributed by atoms with Gasteiger partial charge in [-0.2, -0.15) is 14.9 Å². The van der Waals surface area contributed by atoms with E-state index in [1.807, 2.05) is 31.2 Å².